The Morgan fingerprint density at radius 3 is 2.34 bits per heavy atom. The van der Waals surface area contributed by atoms with Crippen molar-refractivity contribution in [2.24, 2.45) is 0 Å². The molecule has 0 radical (unpaired) electrons. The lowest BCUT2D eigenvalue weighted by molar-refractivity contribution is 0.130. The molecule has 0 aliphatic carbocycles. The van der Waals surface area contributed by atoms with E-state index in [1.54, 1.807) is 65.1 Å². The lowest BCUT2D eigenvalue weighted by Crippen LogP contribution is -2.40. The molecule has 0 spiro atoms. The molecule has 3 rings (SSSR count). The van der Waals surface area contributed by atoms with Crippen LogP contribution in [0.1, 0.15) is 40.2 Å². The minimum atomic E-state index is -3.91. The number of alkyl carbamates (subject to hydrolysis) is 1. The van der Waals surface area contributed by atoms with E-state index in [1.165, 1.54) is 24.5 Å². The molecule has 0 saturated carbocycles. The smallest absolute Gasteiger partial charge is 0.411 e. The maximum Gasteiger partial charge on any atom is 0.411 e. The number of nitrogens with zero attached hydrogens (tertiary/aromatic N) is 1. The van der Waals surface area contributed by atoms with Crippen LogP contribution in [0.3, 0.4) is 0 Å². The highest BCUT2D eigenvalue weighted by Gasteiger charge is 2.26. The second-order valence-corrected chi connectivity index (χ2v) is 12.4. The van der Waals surface area contributed by atoms with Crippen molar-refractivity contribution in [3.05, 3.63) is 54.2 Å². The molecular weight excluding hydrogens is 528 g/mol. The van der Waals surface area contributed by atoms with Crippen LogP contribution in [0.2, 0.25) is 0 Å². The zero-order valence-corrected chi connectivity index (χ0v) is 23.7. The second kappa shape index (κ2) is 11.9. The highest BCUT2D eigenvalue weighted by molar-refractivity contribution is 7.89. The quantitative estimate of drug-likeness (QED) is 0.337. The predicted molar refractivity (Wildman–Crippen MR) is 148 cm³/mol. The van der Waals surface area contributed by atoms with Crippen molar-refractivity contribution in [1.29, 1.82) is 0 Å². The van der Waals surface area contributed by atoms with Gasteiger partial charge in [0.1, 0.15) is 5.01 Å². The summed E-state index contributed by atoms with van der Waals surface area (Å²) in [7, 11) is -2.65. The van der Waals surface area contributed by atoms with Gasteiger partial charge in [-0.3, -0.25) is 5.32 Å². The first-order valence-electron chi connectivity index (χ1n) is 11.8. The maximum absolute atomic E-state index is 13.4. The van der Waals surface area contributed by atoms with Crippen molar-refractivity contribution in [1.82, 2.24) is 15.0 Å². The van der Waals surface area contributed by atoms with Crippen LogP contribution >= 0.6 is 11.3 Å². The third kappa shape index (κ3) is 8.01. The molecular formula is C26H32N4O6S2. The molecule has 2 aromatic carbocycles. The van der Waals surface area contributed by atoms with Crippen LogP contribution in [0.15, 0.2) is 53.6 Å². The lowest BCUT2D eigenvalue weighted by Gasteiger charge is -2.22. The standard InChI is InChI=1S/C26H32N4O6S2/c1-16(2)36-25(32)29-19-10-8-18(9-11-19)23-27-15-21(37-23)20-12-7-17(14-28-24(31)35-6)13-22(20)38(33,34)30-26(3,4)5/h7-13,15-16,30H,14H2,1-6H3,(H,28,31)(H,29,32). The van der Waals surface area contributed by atoms with Crippen LogP contribution in [0.25, 0.3) is 21.0 Å². The molecule has 204 valence electrons. The lowest BCUT2D eigenvalue weighted by atomic mass is 10.1. The van der Waals surface area contributed by atoms with E-state index >= 15 is 0 Å². The van der Waals surface area contributed by atoms with Crippen LogP contribution in [0.5, 0.6) is 0 Å². The minimum Gasteiger partial charge on any atom is -0.453 e. The molecule has 0 unspecified atom stereocenters. The van der Waals surface area contributed by atoms with Gasteiger partial charge in [-0.05, 0) is 70.5 Å². The number of nitrogens with one attached hydrogen (secondary N) is 3. The van der Waals surface area contributed by atoms with Crippen molar-refractivity contribution in [2.75, 3.05) is 12.4 Å². The van der Waals surface area contributed by atoms with Crippen molar-refractivity contribution in [3.8, 4) is 21.0 Å². The van der Waals surface area contributed by atoms with Crippen molar-refractivity contribution in [3.63, 3.8) is 0 Å². The number of amides is 2. The number of hydrogen-bond donors (Lipinski definition) is 3. The monoisotopic (exact) mass is 560 g/mol. The molecule has 10 nitrogen and oxygen atoms in total. The number of thiazole rings is 1. The van der Waals surface area contributed by atoms with Gasteiger partial charge in [0.2, 0.25) is 10.0 Å². The summed E-state index contributed by atoms with van der Waals surface area (Å²) >= 11 is 1.34. The molecule has 0 aliphatic heterocycles. The molecule has 3 N–H and O–H groups in total. The van der Waals surface area contributed by atoms with E-state index in [4.69, 9.17) is 4.74 Å². The number of carbonyl (C=O) groups excluding carboxylic acids is 2. The number of benzene rings is 2. The molecule has 12 heteroatoms. The summed E-state index contributed by atoms with van der Waals surface area (Å²) in [6.45, 7) is 8.93. The zero-order chi connectivity index (χ0) is 28.1. The van der Waals surface area contributed by atoms with Gasteiger partial charge in [-0.2, -0.15) is 0 Å². The number of carbonyl (C=O) groups is 2. The van der Waals surface area contributed by atoms with E-state index < -0.39 is 27.7 Å². The predicted octanol–water partition coefficient (Wildman–Crippen LogP) is 5.37. The van der Waals surface area contributed by atoms with E-state index in [0.717, 1.165) is 5.56 Å². The number of anilines is 1. The van der Waals surface area contributed by atoms with E-state index in [-0.39, 0.29) is 17.5 Å². The molecule has 0 aliphatic rings. The summed E-state index contributed by atoms with van der Waals surface area (Å²) in [5.41, 5.74) is 1.76. The van der Waals surface area contributed by atoms with Gasteiger partial charge in [0.15, 0.2) is 0 Å². The average Bonchev–Trinajstić information content (AvgIpc) is 3.31. The van der Waals surface area contributed by atoms with E-state index in [2.05, 4.69) is 25.1 Å². The number of ether oxygens (including phenoxy) is 2. The number of rotatable bonds is 8. The number of aromatic nitrogens is 1. The van der Waals surface area contributed by atoms with E-state index in [1.807, 2.05) is 12.1 Å². The molecule has 0 atom stereocenters. The van der Waals surface area contributed by atoms with Gasteiger partial charge in [0.25, 0.3) is 0 Å². The molecule has 1 heterocycles. The molecule has 0 fully saturated rings. The fraction of sp³-hybridized carbons (Fsp3) is 0.346. The Morgan fingerprint density at radius 2 is 1.74 bits per heavy atom. The largest absolute Gasteiger partial charge is 0.453 e. The van der Waals surface area contributed by atoms with Gasteiger partial charge in [0, 0.05) is 35.1 Å². The maximum atomic E-state index is 13.4. The number of methoxy groups -OCH3 is 1. The van der Waals surface area contributed by atoms with Crippen LogP contribution in [0, 0.1) is 0 Å². The fourth-order valence-corrected chi connectivity index (χ4v) is 6.11. The molecule has 0 bridgehead atoms. The average molecular weight is 561 g/mol. The first-order valence-corrected chi connectivity index (χ1v) is 14.1. The molecule has 0 saturated heterocycles. The Labute approximate surface area is 226 Å². The Bertz CT molecular complexity index is 1390. The Hall–Kier alpha value is -3.48. The highest BCUT2D eigenvalue weighted by atomic mass is 32.2. The van der Waals surface area contributed by atoms with Crippen molar-refractivity contribution in [2.45, 2.75) is 57.7 Å². The second-order valence-electron chi connectivity index (χ2n) is 9.72. The van der Waals surface area contributed by atoms with Crippen LogP contribution in [0.4, 0.5) is 15.3 Å². The summed E-state index contributed by atoms with van der Waals surface area (Å²) in [6, 6.07) is 12.1. The van der Waals surface area contributed by atoms with Crippen LogP contribution in [-0.4, -0.2) is 44.3 Å². The van der Waals surface area contributed by atoms with Crippen molar-refractivity contribution >= 4 is 39.2 Å². The Kier molecular flexibility index (Phi) is 9.13. The molecule has 1 aromatic heterocycles. The van der Waals surface area contributed by atoms with Gasteiger partial charge in [-0.25, -0.2) is 27.7 Å². The fourth-order valence-electron chi connectivity index (χ4n) is 3.40. The minimum absolute atomic E-state index is 0.0787. The Morgan fingerprint density at radius 1 is 1.05 bits per heavy atom. The van der Waals surface area contributed by atoms with Crippen LogP contribution in [-0.2, 0) is 26.0 Å². The first kappa shape index (κ1) is 29.1. The first-order chi connectivity index (χ1) is 17.8. The molecule has 3 aromatic rings. The summed E-state index contributed by atoms with van der Waals surface area (Å²) in [5.74, 6) is 0. The van der Waals surface area contributed by atoms with Gasteiger partial charge in [0.05, 0.1) is 23.0 Å². The molecule has 2 amide bonds. The van der Waals surface area contributed by atoms with E-state index in [0.29, 0.717) is 26.7 Å². The van der Waals surface area contributed by atoms with E-state index in [9.17, 15) is 18.0 Å². The Balaban J connectivity index is 1.92. The third-order valence-corrected chi connectivity index (χ3v) is 7.77. The van der Waals surface area contributed by atoms with Gasteiger partial charge in [-0.15, -0.1) is 11.3 Å². The number of sulfonamides is 1. The summed E-state index contributed by atoms with van der Waals surface area (Å²) in [4.78, 5) is 28.6. The van der Waals surface area contributed by atoms with Gasteiger partial charge in [-0.1, -0.05) is 12.1 Å². The number of hydrogen-bond acceptors (Lipinski definition) is 8. The third-order valence-electron chi connectivity index (χ3n) is 4.89. The SMILES string of the molecule is COC(=O)NCc1ccc(-c2cnc(-c3ccc(NC(=O)OC(C)C)cc3)s2)c(S(=O)(=O)NC(C)(C)C)c1. The highest BCUT2D eigenvalue weighted by Crippen LogP contribution is 2.36. The van der Waals surface area contributed by atoms with Crippen molar-refractivity contribution < 1.29 is 27.5 Å². The van der Waals surface area contributed by atoms with Crippen LogP contribution < -0.4 is 15.4 Å². The normalized spacial score (nSPS) is 11.8. The zero-order valence-electron chi connectivity index (χ0n) is 22.1. The summed E-state index contributed by atoms with van der Waals surface area (Å²) < 4.78 is 39.1. The van der Waals surface area contributed by atoms with Gasteiger partial charge < -0.3 is 14.8 Å². The summed E-state index contributed by atoms with van der Waals surface area (Å²) in [6.07, 6.45) is 0.251. The summed E-state index contributed by atoms with van der Waals surface area (Å²) in [5, 5.41) is 5.91. The topological polar surface area (TPSA) is 136 Å². The molecule has 38 heavy (non-hydrogen) atoms. The van der Waals surface area contributed by atoms with Gasteiger partial charge >= 0.3 is 12.2 Å².